The molecule has 8 heteroatoms. The SMILES string of the molecule is COc1ccc(CCN2C(=O)NC(=O)[C@]3(Cc4cccc(F)c4N4CCC[C@@H]43)C2=O)cc1. The van der Waals surface area contributed by atoms with Gasteiger partial charge in [0.2, 0.25) is 11.8 Å². The molecule has 1 spiro atoms. The van der Waals surface area contributed by atoms with Gasteiger partial charge in [-0.15, -0.1) is 0 Å². The fraction of sp³-hybridized carbons (Fsp3) is 0.375. The zero-order chi connectivity index (χ0) is 22.5. The fourth-order valence-electron chi connectivity index (χ4n) is 5.38. The maximum Gasteiger partial charge on any atom is 0.330 e. The number of nitrogens with zero attached hydrogens (tertiary/aromatic N) is 2. The highest BCUT2D eigenvalue weighted by atomic mass is 19.1. The maximum absolute atomic E-state index is 14.7. The van der Waals surface area contributed by atoms with Gasteiger partial charge in [-0.1, -0.05) is 24.3 Å². The second-order valence-electron chi connectivity index (χ2n) is 8.56. The molecule has 0 bridgehead atoms. The van der Waals surface area contributed by atoms with E-state index in [1.165, 1.54) is 6.07 Å². The number of anilines is 1. The van der Waals surface area contributed by atoms with E-state index >= 15 is 0 Å². The van der Waals surface area contributed by atoms with Crippen molar-refractivity contribution in [3.05, 3.63) is 59.4 Å². The highest BCUT2D eigenvalue weighted by molar-refractivity contribution is 6.20. The summed E-state index contributed by atoms with van der Waals surface area (Å²) in [7, 11) is 1.59. The number of ether oxygens (including phenoxy) is 1. The van der Waals surface area contributed by atoms with Gasteiger partial charge in [-0.2, -0.15) is 0 Å². The molecule has 0 saturated carbocycles. The number of barbiturate groups is 1. The number of rotatable bonds is 4. The first-order valence-electron chi connectivity index (χ1n) is 10.8. The van der Waals surface area contributed by atoms with Gasteiger partial charge in [0, 0.05) is 13.1 Å². The van der Waals surface area contributed by atoms with E-state index in [1.807, 2.05) is 29.2 Å². The average molecular weight is 437 g/mol. The Kier molecular flexibility index (Phi) is 4.87. The molecule has 32 heavy (non-hydrogen) atoms. The van der Waals surface area contributed by atoms with Gasteiger partial charge in [0.1, 0.15) is 11.6 Å². The number of nitrogens with one attached hydrogen (secondary N) is 1. The first-order chi connectivity index (χ1) is 15.5. The Bertz CT molecular complexity index is 1100. The summed E-state index contributed by atoms with van der Waals surface area (Å²) >= 11 is 0. The van der Waals surface area contributed by atoms with Crippen LogP contribution in [0.1, 0.15) is 24.0 Å². The lowest BCUT2D eigenvalue weighted by Gasteiger charge is -2.49. The molecule has 3 heterocycles. The summed E-state index contributed by atoms with van der Waals surface area (Å²) in [5, 5.41) is 2.42. The summed E-state index contributed by atoms with van der Waals surface area (Å²) in [5.41, 5.74) is 0.598. The van der Waals surface area contributed by atoms with Crippen LogP contribution in [0.5, 0.6) is 5.75 Å². The molecule has 1 N–H and O–H groups in total. The molecule has 3 aliphatic heterocycles. The molecule has 0 aromatic heterocycles. The third-order valence-corrected chi connectivity index (χ3v) is 6.93. The zero-order valence-electron chi connectivity index (χ0n) is 17.8. The van der Waals surface area contributed by atoms with E-state index in [4.69, 9.17) is 4.74 Å². The van der Waals surface area contributed by atoms with Gasteiger partial charge in [-0.05, 0) is 55.0 Å². The molecule has 2 atom stereocenters. The number of fused-ring (bicyclic) bond motifs is 4. The Labute approximate surface area is 185 Å². The molecular formula is C24H24FN3O4. The monoisotopic (exact) mass is 437 g/mol. The number of carbonyl (C=O) groups is 3. The Morgan fingerprint density at radius 1 is 1.16 bits per heavy atom. The minimum Gasteiger partial charge on any atom is -0.497 e. The second-order valence-corrected chi connectivity index (χ2v) is 8.56. The molecule has 2 aromatic carbocycles. The fourth-order valence-corrected chi connectivity index (χ4v) is 5.38. The molecule has 4 amide bonds. The molecule has 0 unspecified atom stereocenters. The Morgan fingerprint density at radius 2 is 1.94 bits per heavy atom. The van der Waals surface area contributed by atoms with Crippen LogP contribution in [-0.4, -0.2) is 49.0 Å². The van der Waals surface area contributed by atoms with Gasteiger partial charge >= 0.3 is 6.03 Å². The quantitative estimate of drug-likeness (QED) is 0.744. The molecule has 0 aliphatic carbocycles. The van der Waals surface area contributed by atoms with Crippen LogP contribution >= 0.6 is 0 Å². The van der Waals surface area contributed by atoms with E-state index in [0.717, 1.165) is 22.6 Å². The first kappa shape index (κ1) is 20.5. The summed E-state index contributed by atoms with van der Waals surface area (Å²) < 4.78 is 19.8. The zero-order valence-corrected chi connectivity index (χ0v) is 17.8. The van der Waals surface area contributed by atoms with Crippen molar-refractivity contribution in [3.8, 4) is 5.75 Å². The third kappa shape index (κ3) is 2.97. The molecule has 7 nitrogen and oxygen atoms in total. The summed E-state index contributed by atoms with van der Waals surface area (Å²) in [4.78, 5) is 42.6. The number of methoxy groups -OCH3 is 1. The summed E-state index contributed by atoms with van der Waals surface area (Å²) in [6, 6.07) is 11.0. The maximum atomic E-state index is 14.7. The predicted molar refractivity (Wildman–Crippen MR) is 115 cm³/mol. The number of urea groups is 1. The van der Waals surface area contributed by atoms with Crippen LogP contribution in [0.2, 0.25) is 0 Å². The molecule has 2 fully saturated rings. The van der Waals surface area contributed by atoms with Crippen LogP contribution in [-0.2, 0) is 22.4 Å². The number of imide groups is 2. The van der Waals surface area contributed by atoms with E-state index in [1.54, 1.807) is 19.2 Å². The highest BCUT2D eigenvalue weighted by Gasteiger charge is 2.62. The smallest absolute Gasteiger partial charge is 0.330 e. The number of amides is 4. The van der Waals surface area contributed by atoms with E-state index < -0.39 is 29.3 Å². The molecule has 5 rings (SSSR count). The lowest BCUT2D eigenvalue weighted by molar-refractivity contribution is -0.153. The van der Waals surface area contributed by atoms with Crippen molar-refractivity contribution in [1.82, 2.24) is 10.2 Å². The second kappa shape index (κ2) is 7.62. The number of benzene rings is 2. The van der Waals surface area contributed by atoms with Gasteiger partial charge in [0.05, 0.1) is 18.8 Å². The van der Waals surface area contributed by atoms with Crippen LogP contribution in [0.25, 0.3) is 0 Å². The molecule has 3 aliphatic rings. The van der Waals surface area contributed by atoms with E-state index in [-0.39, 0.29) is 18.8 Å². The van der Waals surface area contributed by atoms with Crippen molar-refractivity contribution in [2.24, 2.45) is 5.41 Å². The normalized spacial score (nSPS) is 24.4. The predicted octanol–water partition coefficient (Wildman–Crippen LogP) is 2.67. The molecular weight excluding hydrogens is 413 g/mol. The van der Waals surface area contributed by atoms with E-state index in [2.05, 4.69) is 5.32 Å². The number of para-hydroxylation sites is 1. The van der Waals surface area contributed by atoms with Gasteiger partial charge in [-0.25, -0.2) is 9.18 Å². The Balaban J connectivity index is 1.47. The van der Waals surface area contributed by atoms with Crippen LogP contribution < -0.4 is 15.0 Å². The number of hydrogen-bond donors (Lipinski definition) is 1. The van der Waals surface area contributed by atoms with Crippen molar-refractivity contribution in [2.75, 3.05) is 25.1 Å². The lowest BCUT2D eigenvalue weighted by Crippen LogP contribution is -2.71. The van der Waals surface area contributed by atoms with Crippen LogP contribution in [0.15, 0.2) is 42.5 Å². The molecule has 2 aromatic rings. The molecule has 166 valence electrons. The van der Waals surface area contributed by atoms with Gasteiger partial charge in [0.25, 0.3) is 0 Å². The van der Waals surface area contributed by atoms with Crippen molar-refractivity contribution >= 4 is 23.5 Å². The van der Waals surface area contributed by atoms with Crippen LogP contribution in [0.4, 0.5) is 14.9 Å². The van der Waals surface area contributed by atoms with Crippen LogP contribution in [0, 0.1) is 11.2 Å². The van der Waals surface area contributed by atoms with Crippen LogP contribution in [0.3, 0.4) is 0 Å². The topological polar surface area (TPSA) is 79.0 Å². The minimum absolute atomic E-state index is 0.0816. The number of halogens is 1. The molecule has 0 radical (unpaired) electrons. The summed E-state index contributed by atoms with van der Waals surface area (Å²) in [6.07, 6.45) is 1.87. The largest absolute Gasteiger partial charge is 0.497 e. The van der Waals surface area contributed by atoms with E-state index in [9.17, 15) is 18.8 Å². The number of hydrogen-bond acceptors (Lipinski definition) is 5. The van der Waals surface area contributed by atoms with Crippen molar-refractivity contribution in [2.45, 2.75) is 31.7 Å². The Hall–Kier alpha value is -3.42. The summed E-state index contributed by atoms with van der Waals surface area (Å²) in [5.74, 6) is -0.702. The standard InChI is InChI=1S/C24H24FN3O4/c1-32-17-9-7-15(8-10-17)11-13-28-22(30)24(21(29)26-23(28)31)14-16-4-2-5-18(25)20(16)27-12-3-6-19(24)27/h2,4-5,7-10,19H,3,6,11-14H2,1H3,(H,26,29,31)/t19-,24-/m1/s1. The van der Waals surface area contributed by atoms with E-state index in [0.29, 0.717) is 30.6 Å². The first-order valence-corrected chi connectivity index (χ1v) is 10.8. The van der Waals surface area contributed by atoms with Crippen molar-refractivity contribution in [1.29, 1.82) is 0 Å². The molecule has 2 saturated heterocycles. The average Bonchev–Trinajstić information content (AvgIpc) is 3.28. The van der Waals surface area contributed by atoms with Crippen molar-refractivity contribution < 1.29 is 23.5 Å². The lowest BCUT2D eigenvalue weighted by atomic mass is 9.68. The van der Waals surface area contributed by atoms with Gasteiger partial charge in [-0.3, -0.25) is 19.8 Å². The third-order valence-electron chi connectivity index (χ3n) is 6.93. The minimum atomic E-state index is -1.44. The highest BCUT2D eigenvalue weighted by Crippen LogP contribution is 2.49. The van der Waals surface area contributed by atoms with Gasteiger partial charge in [0.15, 0.2) is 5.41 Å². The van der Waals surface area contributed by atoms with Gasteiger partial charge < -0.3 is 9.64 Å². The van der Waals surface area contributed by atoms with Crippen molar-refractivity contribution in [3.63, 3.8) is 0 Å². The summed E-state index contributed by atoms with van der Waals surface area (Å²) in [6.45, 7) is 0.718. The Morgan fingerprint density at radius 3 is 2.69 bits per heavy atom. The number of carbonyl (C=O) groups excluding carboxylic acids is 3.